The molecule has 0 atom stereocenters. The largest absolute Gasteiger partial charge is 0.392 e. The Bertz CT molecular complexity index is 906. The lowest BCUT2D eigenvalue weighted by Crippen LogP contribution is -1.92. The molecule has 0 saturated carbocycles. The Morgan fingerprint density at radius 2 is 1.21 bits per heavy atom. The van der Waals surface area contributed by atoms with Gasteiger partial charge in [-0.1, -0.05) is 70.7 Å². The minimum atomic E-state index is -0.0943. The van der Waals surface area contributed by atoms with Crippen molar-refractivity contribution in [3.05, 3.63) is 80.3 Å². The Labute approximate surface area is 160 Å². The lowest BCUT2D eigenvalue weighted by atomic mass is 9.95. The SMILES string of the molecule is OCc1ccc(-c2ccc(Cl)cc2Cl)cc1-c1ccc(Cl)cc1Cl. The first-order valence-corrected chi connectivity index (χ1v) is 8.65. The number of halogens is 4. The molecule has 3 aromatic carbocycles. The smallest absolute Gasteiger partial charge is 0.0687 e. The van der Waals surface area contributed by atoms with Crippen molar-refractivity contribution >= 4 is 46.4 Å². The summed E-state index contributed by atoms with van der Waals surface area (Å²) in [5, 5.41) is 11.9. The first-order valence-electron chi connectivity index (χ1n) is 7.14. The van der Waals surface area contributed by atoms with Crippen LogP contribution in [-0.2, 0) is 6.61 Å². The minimum Gasteiger partial charge on any atom is -0.392 e. The molecule has 5 heteroatoms. The van der Waals surface area contributed by atoms with Gasteiger partial charge in [0.15, 0.2) is 0 Å². The zero-order valence-electron chi connectivity index (χ0n) is 12.4. The highest BCUT2D eigenvalue weighted by atomic mass is 35.5. The quantitative estimate of drug-likeness (QED) is 0.498. The molecule has 0 aliphatic heterocycles. The number of aliphatic hydroxyl groups excluding tert-OH is 1. The molecule has 0 fully saturated rings. The van der Waals surface area contributed by atoms with Crippen LogP contribution in [-0.4, -0.2) is 5.11 Å². The van der Waals surface area contributed by atoms with Crippen LogP contribution >= 0.6 is 46.4 Å². The van der Waals surface area contributed by atoms with E-state index in [2.05, 4.69) is 0 Å². The molecular formula is C19H12Cl4O. The molecule has 0 radical (unpaired) electrons. The van der Waals surface area contributed by atoms with E-state index in [0.29, 0.717) is 20.1 Å². The Kier molecular flexibility index (Phi) is 5.39. The third kappa shape index (κ3) is 3.56. The highest BCUT2D eigenvalue weighted by molar-refractivity contribution is 6.37. The zero-order chi connectivity index (χ0) is 17.3. The van der Waals surface area contributed by atoms with Gasteiger partial charge in [0, 0.05) is 31.2 Å². The summed E-state index contributed by atoms with van der Waals surface area (Å²) in [4.78, 5) is 0. The second-order valence-corrected chi connectivity index (χ2v) is 6.97. The molecule has 0 aliphatic rings. The van der Waals surface area contributed by atoms with Gasteiger partial charge in [-0.2, -0.15) is 0 Å². The van der Waals surface area contributed by atoms with Crippen LogP contribution in [0.4, 0.5) is 0 Å². The van der Waals surface area contributed by atoms with Crippen molar-refractivity contribution in [2.45, 2.75) is 6.61 Å². The van der Waals surface area contributed by atoms with Crippen molar-refractivity contribution < 1.29 is 5.11 Å². The van der Waals surface area contributed by atoms with Crippen molar-refractivity contribution in [1.29, 1.82) is 0 Å². The van der Waals surface area contributed by atoms with Crippen molar-refractivity contribution in [2.24, 2.45) is 0 Å². The van der Waals surface area contributed by atoms with Gasteiger partial charge in [0.25, 0.3) is 0 Å². The van der Waals surface area contributed by atoms with E-state index in [4.69, 9.17) is 46.4 Å². The van der Waals surface area contributed by atoms with Crippen LogP contribution in [0, 0.1) is 0 Å². The van der Waals surface area contributed by atoms with E-state index < -0.39 is 0 Å². The van der Waals surface area contributed by atoms with Crippen LogP contribution in [0.5, 0.6) is 0 Å². The molecule has 122 valence electrons. The molecule has 1 nitrogen and oxygen atoms in total. The fraction of sp³-hybridized carbons (Fsp3) is 0.0526. The second kappa shape index (κ2) is 7.35. The summed E-state index contributed by atoms with van der Waals surface area (Å²) in [5.74, 6) is 0. The topological polar surface area (TPSA) is 20.2 Å². The van der Waals surface area contributed by atoms with Crippen molar-refractivity contribution in [3.8, 4) is 22.3 Å². The normalized spacial score (nSPS) is 10.9. The Hall–Kier alpha value is -1.22. The number of benzene rings is 3. The van der Waals surface area contributed by atoms with Crippen LogP contribution < -0.4 is 0 Å². The Morgan fingerprint density at radius 3 is 1.75 bits per heavy atom. The maximum absolute atomic E-state index is 9.67. The summed E-state index contributed by atoms with van der Waals surface area (Å²) >= 11 is 24.6. The van der Waals surface area contributed by atoms with Crippen LogP contribution in [0.25, 0.3) is 22.3 Å². The standard InChI is InChI=1S/C19H12Cl4O/c20-13-3-5-15(18(22)8-13)11-1-2-12(10-24)17(7-11)16-6-4-14(21)9-19(16)23/h1-9,24H,10H2. The van der Waals surface area contributed by atoms with Gasteiger partial charge in [-0.15, -0.1) is 0 Å². The van der Waals surface area contributed by atoms with E-state index in [9.17, 15) is 5.11 Å². The van der Waals surface area contributed by atoms with Gasteiger partial charge in [0.05, 0.1) is 6.61 Å². The monoisotopic (exact) mass is 396 g/mol. The molecule has 1 N–H and O–H groups in total. The van der Waals surface area contributed by atoms with Crippen LogP contribution in [0.1, 0.15) is 5.56 Å². The van der Waals surface area contributed by atoms with Gasteiger partial charge >= 0.3 is 0 Å². The fourth-order valence-electron chi connectivity index (χ4n) is 2.56. The van der Waals surface area contributed by atoms with Crippen LogP contribution in [0.3, 0.4) is 0 Å². The first-order chi connectivity index (χ1) is 11.5. The summed E-state index contributed by atoms with van der Waals surface area (Å²) in [6.45, 7) is -0.0943. The highest BCUT2D eigenvalue weighted by Gasteiger charge is 2.12. The van der Waals surface area contributed by atoms with Gasteiger partial charge in [-0.25, -0.2) is 0 Å². The highest BCUT2D eigenvalue weighted by Crippen LogP contribution is 2.37. The van der Waals surface area contributed by atoms with Gasteiger partial charge in [0.1, 0.15) is 0 Å². The van der Waals surface area contributed by atoms with Crippen molar-refractivity contribution in [1.82, 2.24) is 0 Å². The van der Waals surface area contributed by atoms with Gasteiger partial charge in [0.2, 0.25) is 0 Å². The molecular weight excluding hydrogens is 386 g/mol. The molecule has 3 aromatic rings. The van der Waals surface area contributed by atoms with Crippen LogP contribution in [0.2, 0.25) is 20.1 Å². The molecule has 0 amide bonds. The average molecular weight is 398 g/mol. The number of hydrogen-bond acceptors (Lipinski definition) is 1. The van der Waals surface area contributed by atoms with Gasteiger partial charge < -0.3 is 5.11 Å². The third-order valence-electron chi connectivity index (χ3n) is 3.74. The molecule has 0 heterocycles. The predicted octanol–water partition coefficient (Wildman–Crippen LogP) is 7.13. The number of hydrogen-bond donors (Lipinski definition) is 1. The Balaban J connectivity index is 2.18. The average Bonchev–Trinajstić information content (AvgIpc) is 2.54. The van der Waals surface area contributed by atoms with E-state index >= 15 is 0 Å². The van der Waals surface area contributed by atoms with Crippen molar-refractivity contribution in [3.63, 3.8) is 0 Å². The lowest BCUT2D eigenvalue weighted by molar-refractivity contribution is 0.282. The molecule has 0 unspecified atom stereocenters. The van der Waals surface area contributed by atoms with Crippen LogP contribution in [0.15, 0.2) is 54.6 Å². The molecule has 24 heavy (non-hydrogen) atoms. The third-order valence-corrected chi connectivity index (χ3v) is 4.84. The predicted molar refractivity (Wildman–Crippen MR) is 103 cm³/mol. The molecule has 0 spiro atoms. The second-order valence-electron chi connectivity index (χ2n) is 5.28. The van der Waals surface area contributed by atoms with E-state index in [1.807, 2.05) is 30.3 Å². The summed E-state index contributed by atoms with van der Waals surface area (Å²) in [5.41, 5.74) is 4.18. The Morgan fingerprint density at radius 1 is 0.625 bits per heavy atom. The number of rotatable bonds is 3. The maximum Gasteiger partial charge on any atom is 0.0687 e. The van der Waals surface area contributed by atoms with E-state index in [1.54, 1.807) is 24.3 Å². The van der Waals surface area contributed by atoms with Gasteiger partial charge in [-0.3, -0.25) is 0 Å². The summed E-state index contributed by atoms with van der Waals surface area (Å²) in [7, 11) is 0. The van der Waals surface area contributed by atoms with E-state index in [-0.39, 0.29) is 6.61 Å². The molecule has 0 bridgehead atoms. The molecule has 0 saturated heterocycles. The molecule has 0 aromatic heterocycles. The summed E-state index contributed by atoms with van der Waals surface area (Å²) < 4.78 is 0. The van der Waals surface area contributed by atoms with Crippen molar-refractivity contribution in [2.75, 3.05) is 0 Å². The molecule has 3 rings (SSSR count). The summed E-state index contributed by atoms with van der Waals surface area (Å²) in [6, 6.07) is 16.4. The van der Waals surface area contributed by atoms with E-state index in [1.165, 1.54) is 0 Å². The maximum atomic E-state index is 9.67. The fourth-order valence-corrected chi connectivity index (χ4v) is 3.59. The first kappa shape index (κ1) is 17.6. The van der Waals surface area contributed by atoms with Gasteiger partial charge in [-0.05, 0) is 47.0 Å². The zero-order valence-corrected chi connectivity index (χ0v) is 15.4. The summed E-state index contributed by atoms with van der Waals surface area (Å²) in [6.07, 6.45) is 0. The number of aliphatic hydroxyl groups is 1. The lowest BCUT2D eigenvalue weighted by Gasteiger charge is -2.13. The molecule has 0 aliphatic carbocycles. The van der Waals surface area contributed by atoms with E-state index in [0.717, 1.165) is 27.8 Å². The minimum absolute atomic E-state index is 0.0943.